The maximum atomic E-state index is 10.4. The second kappa shape index (κ2) is 4.63. The van der Waals surface area contributed by atoms with E-state index in [2.05, 4.69) is 4.98 Å². The Bertz CT molecular complexity index is 366. The van der Waals surface area contributed by atoms with Crippen LogP contribution in [0.25, 0.3) is 0 Å². The highest BCUT2D eigenvalue weighted by atomic mass is 16.4. The minimum atomic E-state index is -0.826. The summed E-state index contributed by atoms with van der Waals surface area (Å²) < 4.78 is 0. The fourth-order valence-electron chi connectivity index (χ4n) is 1.27. The van der Waals surface area contributed by atoms with Crippen LogP contribution in [0.15, 0.2) is 12.3 Å². The van der Waals surface area contributed by atoms with Gasteiger partial charge in [0.15, 0.2) is 5.82 Å². The molecule has 3 N–H and O–H groups in total. The molecule has 1 aromatic heterocycles. The molecule has 0 saturated carbocycles. The Morgan fingerprint density at radius 1 is 1.67 bits per heavy atom. The van der Waals surface area contributed by atoms with Crippen molar-refractivity contribution < 1.29 is 9.90 Å². The highest BCUT2D eigenvalue weighted by molar-refractivity contribution is 5.68. The van der Waals surface area contributed by atoms with Crippen LogP contribution in [0.3, 0.4) is 0 Å². The van der Waals surface area contributed by atoms with E-state index in [-0.39, 0.29) is 6.42 Å². The van der Waals surface area contributed by atoms with Crippen LogP contribution in [0.5, 0.6) is 0 Å². The number of nitrogens with two attached hydrogens (primary N) is 1. The number of carbonyl (C=O) groups is 1. The molecule has 1 rings (SSSR count). The van der Waals surface area contributed by atoms with Crippen molar-refractivity contribution >= 4 is 17.5 Å². The molecule has 1 heterocycles. The molecule has 0 aliphatic heterocycles. The number of pyridine rings is 1. The first-order valence-electron chi connectivity index (χ1n) is 4.65. The standard InChI is InChI=1S/C10H15N3O2/c1-7-5-8(11)10(12-6-7)13(2)4-3-9(14)15/h5-6H,3-4,11H2,1-2H3,(H,14,15). The van der Waals surface area contributed by atoms with Gasteiger partial charge in [-0.15, -0.1) is 0 Å². The second-order valence-electron chi connectivity index (χ2n) is 3.49. The molecule has 82 valence electrons. The topological polar surface area (TPSA) is 79.5 Å². The van der Waals surface area contributed by atoms with Gasteiger partial charge in [0.2, 0.25) is 0 Å². The third-order valence-corrected chi connectivity index (χ3v) is 2.05. The van der Waals surface area contributed by atoms with E-state index in [1.807, 2.05) is 13.0 Å². The molecule has 0 radical (unpaired) electrons. The van der Waals surface area contributed by atoms with Crippen molar-refractivity contribution in [2.45, 2.75) is 13.3 Å². The molecule has 0 amide bonds. The van der Waals surface area contributed by atoms with Crippen molar-refractivity contribution in [3.8, 4) is 0 Å². The Morgan fingerprint density at radius 2 is 2.33 bits per heavy atom. The minimum absolute atomic E-state index is 0.0749. The van der Waals surface area contributed by atoms with Crippen molar-refractivity contribution in [3.63, 3.8) is 0 Å². The lowest BCUT2D eigenvalue weighted by Crippen LogP contribution is -2.23. The number of rotatable bonds is 4. The van der Waals surface area contributed by atoms with Crippen molar-refractivity contribution in [2.24, 2.45) is 0 Å². The normalized spacial score (nSPS) is 10.0. The molecule has 5 nitrogen and oxygen atoms in total. The Hall–Kier alpha value is -1.78. The Morgan fingerprint density at radius 3 is 2.87 bits per heavy atom. The summed E-state index contributed by atoms with van der Waals surface area (Å²) in [5.74, 6) is -0.200. The Kier molecular flexibility index (Phi) is 3.49. The molecule has 0 aromatic carbocycles. The smallest absolute Gasteiger partial charge is 0.305 e. The quantitative estimate of drug-likeness (QED) is 0.769. The van der Waals surface area contributed by atoms with Crippen LogP contribution in [0.4, 0.5) is 11.5 Å². The summed E-state index contributed by atoms with van der Waals surface area (Å²) in [6, 6.07) is 1.82. The average molecular weight is 209 g/mol. The number of aromatic nitrogens is 1. The number of carboxylic acid groups (broad SMARTS) is 1. The van der Waals surface area contributed by atoms with Gasteiger partial charge in [0.1, 0.15) is 0 Å². The average Bonchev–Trinajstić information content (AvgIpc) is 2.14. The number of carboxylic acids is 1. The monoisotopic (exact) mass is 209 g/mol. The lowest BCUT2D eigenvalue weighted by atomic mass is 10.2. The van der Waals surface area contributed by atoms with E-state index in [4.69, 9.17) is 10.8 Å². The van der Waals surface area contributed by atoms with Crippen molar-refractivity contribution in [1.29, 1.82) is 0 Å². The summed E-state index contributed by atoms with van der Waals surface area (Å²) in [6.07, 6.45) is 1.79. The first-order valence-corrected chi connectivity index (χ1v) is 4.65. The fourth-order valence-corrected chi connectivity index (χ4v) is 1.27. The fraction of sp³-hybridized carbons (Fsp3) is 0.400. The van der Waals surface area contributed by atoms with Crippen LogP contribution in [0, 0.1) is 6.92 Å². The molecular weight excluding hydrogens is 194 g/mol. The molecule has 0 bridgehead atoms. The van der Waals surface area contributed by atoms with Crippen LogP contribution in [-0.2, 0) is 4.79 Å². The second-order valence-corrected chi connectivity index (χ2v) is 3.49. The minimum Gasteiger partial charge on any atom is -0.481 e. The maximum absolute atomic E-state index is 10.4. The van der Waals surface area contributed by atoms with E-state index < -0.39 is 5.97 Å². The number of hydrogen-bond acceptors (Lipinski definition) is 4. The van der Waals surface area contributed by atoms with Crippen LogP contribution in [-0.4, -0.2) is 29.7 Å². The molecule has 0 spiro atoms. The molecule has 0 aliphatic rings. The van der Waals surface area contributed by atoms with Gasteiger partial charge in [-0.1, -0.05) is 0 Å². The number of anilines is 2. The summed E-state index contributed by atoms with van der Waals surface area (Å²) >= 11 is 0. The number of hydrogen-bond donors (Lipinski definition) is 2. The largest absolute Gasteiger partial charge is 0.481 e. The Labute approximate surface area is 88.5 Å². The highest BCUT2D eigenvalue weighted by Gasteiger charge is 2.08. The van der Waals surface area contributed by atoms with E-state index >= 15 is 0 Å². The van der Waals surface area contributed by atoms with Gasteiger partial charge in [0, 0.05) is 19.8 Å². The molecule has 0 aliphatic carbocycles. The third-order valence-electron chi connectivity index (χ3n) is 2.05. The predicted molar refractivity (Wildman–Crippen MR) is 58.9 cm³/mol. The Balaban J connectivity index is 2.73. The van der Waals surface area contributed by atoms with Crippen LogP contribution in [0.1, 0.15) is 12.0 Å². The van der Waals surface area contributed by atoms with Gasteiger partial charge in [0.05, 0.1) is 12.1 Å². The zero-order chi connectivity index (χ0) is 11.4. The van der Waals surface area contributed by atoms with Crippen molar-refractivity contribution in [1.82, 2.24) is 4.98 Å². The summed E-state index contributed by atoms with van der Waals surface area (Å²) in [5, 5.41) is 8.54. The lowest BCUT2D eigenvalue weighted by Gasteiger charge is -2.18. The number of aryl methyl sites for hydroxylation is 1. The zero-order valence-electron chi connectivity index (χ0n) is 8.90. The molecule has 15 heavy (non-hydrogen) atoms. The van der Waals surface area contributed by atoms with Gasteiger partial charge >= 0.3 is 5.97 Å². The molecule has 1 aromatic rings. The van der Waals surface area contributed by atoms with E-state index in [1.165, 1.54) is 0 Å². The van der Waals surface area contributed by atoms with Gasteiger partial charge in [-0.2, -0.15) is 0 Å². The van der Waals surface area contributed by atoms with Crippen LogP contribution >= 0.6 is 0 Å². The zero-order valence-corrected chi connectivity index (χ0v) is 8.90. The third kappa shape index (κ3) is 3.12. The summed E-state index contributed by atoms with van der Waals surface area (Å²) in [6.45, 7) is 2.31. The van der Waals surface area contributed by atoms with Crippen molar-refractivity contribution in [2.75, 3.05) is 24.2 Å². The first-order chi connectivity index (χ1) is 7.00. The SMILES string of the molecule is Cc1cnc(N(C)CCC(=O)O)c(N)c1. The van der Waals surface area contributed by atoms with E-state index in [9.17, 15) is 4.79 Å². The molecule has 0 fully saturated rings. The van der Waals surface area contributed by atoms with Gasteiger partial charge < -0.3 is 15.7 Å². The van der Waals surface area contributed by atoms with Gasteiger partial charge in [0.25, 0.3) is 0 Å². The molecule has 0 unspecified atom stereocenters. The number of nitrogens with zero attached hydrogens (tertiary/aromatic N) is 2. The van der Waals surface area contributed by atoms with Gasteiger partial charge in [-0.3, -0.25) is 4.79 Å². The highest BCUT2D eigenvalue weighted by Crippen LogP contribution is 2.19. The summed E-state index contributed by atoms with van der Waals surface area (Å²) in [4.78, 5) is 16.3. The number of aliphatic carboxylic acids is 1. The molecule has 0 atom stereocenters. The summed E-state index contributed by atoms with van der Waals surface area (Å²) in [5.41, 5.74) is 7.34. The molecule has 5 heteroatoms. The predicted octanol–water partition coefficient (Wildman–Crippen LogP) is 0.883. The van der Waals surface area contributed by atoms with Crippen molar-refractivity contribution in [3.05, 3.63) is 17.8 Å². The van der Waals surface area contributed by atoms with Crippen LogP contribution in [0.2, 0.25) is 0 Å². The molecule has 0 saturated heterocycles. The molecular formula is C10H15N3O2. The van der Waals surface area contributed by atoms with E-state index in [0.717, 1.165) is 5.56 Å². The summed E-state index contributed by atoms with van der Waals surface area (Å²) in [7, 11) is 1.77. The maximum Gasteiger partial charge on any atom is 0.305 e. The van der Waals surface area contributed by atoms with Gasteiger partial charge in [-0.05, 0) is 18.6 Å². The number of nitrogen functional groups attached to an aromatic ring is 1. The van der Waals surface area contributed by atoms with E-state index in [1.54, 1.807) is 18.1 Å². The van der Waals surface area contributed by atoms with Crippen LogP contribution < -0.4 is 10.6 Å². The lowest BCUT2D eigenvalue weighted by molar-refractivity contribution is -0.136. The van der Waals surface area contributed by atoms with E-state index in [0.29, 0.717) is 18.1 Å². The first kappa shape index (κ1) is 11.3. The van der Waals surface area contributed by atoms with Gasteiger partial charge in [-0.25, -0.2) is 4.98 Å².